The molecule has 0 unspecified atom stereocenters. The average Bonchev–Trinajstić information content (AvgIpc) is 2.75. The van der Waals surface area contributed by atoms with Crippen LogP contribution in [-0.2, 0) is 6.54 Å². The smallest absolute Gasteiger partial charge is 0.256 e. The number of carbonyl (C=O) groups excluding carboxylic acids is 1. The van der Waals surface area contributed by atoms with Gasteiger partial charge >= 0.3 is 0 Å². The first kappa shape index (κ1) is 12.3. The summed E-state index contributed by atoms with van der Waals surface area (Å²) in [5.74, 6) is -0.108. The quantitative estimate of drug-likeness (QED) is 0.914. The van der Waals surface area contributed by atoms with Gasteiger partial charge in [-0.05, 0) is 39.7 Å². The van der Waals surface area contributed by atoms with Crippen molar-refractivity contribution in [2.24, 2.45) is 5.73 Å². The van der Waals surface area contributed by atoms with E-state index in [4.69, 9.17) is 5.73 Å². The van der Waals surface area contributed by atoms with E-state index in [1.54, 1.807) is 12.1 Å². The van der Waals surface area contributed by atoms with Crippen LogP contribution in [0.5, 0.6) is 0 Å². The molecule has 0 aliphatic carbocycles. The molecule has 0 spiro atoms. The maximum absolute atomic E-state index is 11.9. The van der Waals surface area contributed by atoms with Crippen molar-refractivity contribution >= 4 is 38.2 Å². The fourth-order valence-electron chi connectivity index (χ4n) is 1.35. The van der Waals surface area contributed by atoms with Crippen molar-refractivity contribution in [2.75, 3.05) is 5.32 Å². The van der Waals surface area contributed by atoms with Crippen molar-refractivity contribution in [2.45, 2.75) is 6.54 Å². The SMILES string of the molecule is NCc1ccc(C(=O)Nc2cc(Br)cs2)cc1. The number of anilines is 1. The van der Waals surface area contributed by atoms with Gasteiger partial charge in [-0.2, -0.15) is 0 Å². The molecule has 1 aromatic heterocycles. The molecule has 0 saturated carbocycles. The summed E-state index contributed by atoms with van der Waals surface area (Å²) in [6, 6.07) is 9.15. The van der Waals surface area contributed by atoms with E-state index < -0.39 is 0 Å². The number of thiophene rings is 1. The van der Waals surface area contributed by atoms with Gasteiger partial charge in [0.1, 0.15) is 0 Å². The summed E-state index contributed by atoms with van der Waals surface area (Å²) in [4.78, 5) is 11.9. The van der Waals surface area contributed by atoms with E-state index in [0.29, 0.717) is 12.1 Å². The van der Waals surface area contributed by atoms with Gasteiger partial charge in [-0.25, -0.2) is 0 Å². The zero-order chi connectivity index (χ0) is 12.3. The van der Waals surface area contributed by atoms with Crippen molar-refractivity contribution in [1.82, 2.24) is 0 Å². The van der Waals surface area contributed by atoms with Gasteiger partial charge in [-0.3, -0.25) is 4.79 Å². The second kappa shape index (κ2) is 5.44. The zero-order valence-corrected chi connectivity index (χ0v) is 11.3. The van der Waals surface area contributed by atoms with E-state index in [2.05, 4.69) is 21.2 Å². The summed E-state index contributed by atoms with van der Waals surface area (Å²) in [5.41, 5.74) is 7.14. The van der Waals surface area contributed by atoms with Crippen LogP contribution in [0.15, 0.2) is 40.2 Å². The lowest BCUT2D eigenvalue weighted by atomic mass is 10.1. The highest BCUT2D eigenvalue weighted by Crippen LogP contribution is 2.24. The molecule has 0 fully saturated rings. The third-order valence-electron chi connectivity index (χ3n) is 2.26. The molecular formula is C12H11BrN2OS. The van der Waals surface area contributed by atoms with E-state index in [1.807, 2.05) is 23.6 Å². The average molecular weight is 311 g/mol. The lowest BCUT2D eigenvalue weighted by Gasteiger charge is -2.03. The normalized spacial score (nSPS) is 10.2. The summed E-state index contributed by atoms with van der Waals surface area (Å²) >= 11 is 4.82. The number of benzene rings is 1. The number of hydrogen-bond donors (Lipinski definition) is 2. The van der Waals surface area contributed by atoms with Crippen molar-refractivity contribution in [3.8, 4) is 0 Å². The first-order valence-electron chi connectivity index (χ1n) is 5.03. The van der Waals surface area contributed by atoms with Gasteiger partial charge in [-0.15, -0.1) is 11.3 Å². The number of rotatable bonds is 3. The number of halogens is 1. The first-order valence-corrected chi connectivity index (χ1v) is 6.70. The highest BCUT2D eigenvalue weighted by Gasteiger charge is 2.07. The second-order valence-electron chi connectivity index (χ2n) is 3.48. The van der Waals surface area contributed by atoms with Gasteiger partial charge in [0.05, 0.1) is 5.00 Å². The lowest BCUT2D eigenvalue weighted by Crippen LogP contribution is -2.10. The Morgan fingerprint density at radius 2 is 2.06 bits per heavy atom. The predicted molar refractivity (Wildman–Crippen MR) is 74.3 cm³/mol. The number of carbonyl (C=O) groups is 1. The minimum atomic E-state index is -0.108. The Morgan fingerprint density at radius 1 is 1.35 bits per heavy atom. The molecule has 17 heavy (non-hydrogen) atoms. The van der Waals surface area contributed by atoms with E-state index >= 15 is 0 Å². The third kappa shape index (κ3) is 3.15. The van der Waals surface area contributed by atoms with Crippen LogP contribution in [0.4, 0.5) is 5.00 Å². The monoisotopic (exact) mass is 310 g/mol. The molecule has 0 aliphatic rings. The summed E-state index contributed by atoms with van der Waals surface area (Å²) in [6.45, 7) is 0.486. The van der Waals surface area contributed by atoms with Gasteiger partial charge in [-0.1, -0.05) is 12.1 Å². The standard InChI is InChI=1S/C12H11BrN2OS/c13-10-5-11(17-7-10)15-12(16)9-3-1-8(6-14)2-4-9/h1-5,7H,6,14H2,(H,15,16). The Morgan fingerprint density at radius 3 is 2.59 bits per heavy atom. The Labute approximate surface area is 112 Å². The predicted octanol–water partition coefficient (Wildman–Crippen LogP) is 3.22. The van der Waals surface area contributed by atoms with Crippen molar-refractivity contribution in [3.63, 3.8) is 0 Å². The van der Waals surface area contributed by atoms with Crippen LogP contribution in [0.3, 0.4) is 0 Å². The summed E-state index contributed by atoms with van der Waals surface area (Å²) in [6.07, 6.45) is 0. The maximum atomic E-state index is 11.9. The molecule has 1 amide bonds. The molecule has 1 heterocycles. The van der Waals surface area contributed by atoms with Crippen LogP contribution < -0.4 is 11.1 Å². The van der Waals surface area contributed by atoms with Crippen LogP contribution in [0, 0.1) is 0 Å². The Balaban J connectivity index is 2.09. The molecule has 3 nitrogen and oxygen atoms in total. The van der Waals surface area contributed by atoms with Crippen LogP contribution in [0.25, 0.3) is 0 Å². The Hall–Kier alpha value is -1.17. The van der Waals surface area contributed by atoms with Crippen LogP contribution in [0.2, 0.25) is 0 Å². The molecule has 1 aromatic carbocycles. The van der Waals surface area contributed by atoms with Crippen LogP contribution in [0.1, 0.15) is 15.9 Å². The molecule has 2 aromatic rings. The van der Waals surface area contributed by atoms with Gasteiger partial charge in [0.25, 0.3) is 5.91 Å². The van der Waals surface area contributed by atoms with Gasteiger partial charge < -0.3 is 11.1 Å². The summed E-state index contributed by atoms with van der Waals surface area (Å²) in [7, 11) is 0. The summed E-state index contributed by atoms with van der Waals surface area (Å²) < 4.78 is 0.969. The molecular weight excluding hydrogens is 300 g/mol. The van der Waals surface area contributed by atoms with Crippen LogP contribution >= 0.6 is 27.3 Å². The molecule has 0 radical (unpaired) electrons. The van der Waals surface area contributed by atoms with Gasteiger partial charge in [0.2, 0.25) is 0 Å². The van der Waals surface area contributed by atoms with Crippen LogP contribution in [-0.4, -0.2) is 5.91 Å². The molecule has 5 heteroatoms. The fourth-order valence-corrected chi connectivity index (χ4v) is 2.67. The highest BCUT2D eigenvalue weighted by atomic mass is 79.9. The number of nitrogens with one attached hydrogen (secondary N) is 1. The van der Waals surface area contributed by atoms with Crippen molar-refractivity contribution < 1.29 is 4.79 Å². The van der Waals surface area contributed by atoms with Crippen molar-refractivity contribution in [1.29, 1.82) is 0 Å². The Bertz CT molecular complexity index is 522. The number of amides is 1. The first-order chi connectivity index (χ1) is 8.19. The lowest BCUT2D eigenvalue weighted by molar-refractivity contribution is 0.102. The van der Waals surface area contributed by atoms with Crippen molar-refractivity contribution in [3.05, 3.63) is 51.3 Å². The number of hydrogen-bond acceptors (Lipinski definition) is 3. The van der Waals surface area contributed by atoms with E-state index in [1.165, 1.54) is 11.3 Å². The van der Waals surface area contributed by atoms with E-state index in [-0.39, 0.29) is 5.91 Å². The largest absolute Gasteiger partial charge is 0.326 e. The third-order valence-corrected chi connectivity index (χ3v) is 3.86. The molecule has 0 bridgehead atoms. The number of nitrogens with two attached hydrogens (primary N) is 1. The molecule has 0 atom stereocenters. The molecule has 0 saturated heterocycles. The topological polar surface area (TPSA) is 55.1 Å². The Kier molecular flexibility index (Phi) is 3.93. The highest BCUT2D eigenvalue weighted by molar-refractivity contribution is 9.10. The minimum Gasteiger partial charge on any atom is -0.326 e. The second-order valence-corrected chi connectivity index (χ2v) is 5.31. The minimum absolute atomic E-state index is 0.108. The van der Waals surface area contributed by atoms with Gasteiger partial charge in [0, 0.05) is 22.0 Å². The van der Waals surface area contributed by atoms with E-state index in [0.717, 1.165) is 15.0 Å². The van der Waals surface area contributed by atoms with E-state index in [9.17, 15) is 4.79 Å². The molecule has 88 valence electrons. The van der Waals surface area contributed by atoms with Gasteiger partial charge in [0.15, 0.2) is 0 Å². The zero-order valence-electron chi connectivity index (χ0n) is 8.94. The summed E-state index contributed by atoms with van der Waals surface area (Å²) in [5, 5.41) is 5.58. The fraction of sp³-hybridized carbons (Fsp3) is 0.0833. The maximum Gasteiger partial charge on any atom is 0.256 e. The molecule has 0 aliphatic heterocycles. The molecule has 2 rings (SSSR count). The molecule has 3 N–H and O–H groups in total.